The number of carboxylic acids is 2. The summed E-state index contributed by atoms with van der Waals surface area (Å²) in [5, 5.41) is 14.8. The van der Waals surface area contributed by atoms with Gasteiger partial charge in [-0.05, 0) is 0 Å². The van der Waals surface area contributed by atoms with Crippen molar-refractivity contribution in [2.75, 3.05) is 0 Å². The third-order valence-electron chi connectivity index (χ3n) is 0.183. The summed E-state index contributed by atoms with van der Waals surface area (Å²) >= 11 is 0. The average Bonchev–Trinajstić information content (AvgIpc) is 1.36. The van der Waals surface area contributed by atoms with Gasteiger partial charge in [-0.3, -0.25) is 0 Å². The van der Waals surface area contributed by atoms with E-state index in [2.05, 4.69) is 0 Å². The van der Waals surface area contributed by atoms with Crippen LogP contribution in [0, 0.1) is 0 Å². The van der Waals surface area contributed by atoms with Crippen LogP contribution in [-0.4, -0.2) is 45.2 Å². The van der Waals surface area contributed by atoms with Crippen molar-refractivity contribution in [3.8, 4) is 0 Å². The maximum atomic E-state index is 9.10. The van der Waals surface area contributed by atoms with Gasteiger partial charge in [0.05, 0.1) is 0 Å². The number of carboxylic acid groups (broad SMARTS) is 2. The largest absolute Gasteiger partial charge is 0.473 e. The first-order valence-electron chi connectivity index (χ1n) is 1.11. The molecule has 4 nitrogen and oxygen atoms in total. The minimum atomic E-state index is -1.82. The molecule has 58 valence electrons. The fourth-order valence-electron chi connectivity index (χ4n) is 0. The summed E-state index contributed by atoms with van der Waals surface area (Å²) in [6, 6.07) is 0. The predicted molar refractivity (Wildman–Crippen MR) is 23.8 cm³/mol. The first kappa shape index (κ1) is 30.2. The molecule has 0 aliphatic carbocycles. The Morgan fingerprint density at radius 3 is 1.10 bits per heavy atom. The molecular formula is C2H4FeMgMnO4V. The second-order valence-corrected chi connectivity index (χ2v) is 0.610. The summed E-state index contributed by atoms with van der Waals surface area (Å²) in [6.07, 6.45) is 0. The molecule has 0 bridgehead atoms. The molecule has 0 rings (SSSR count). The summed E-state index contributed by atoms with van der Waals surface area (Å²) in [6.45, 7) is 0. The Morgan fingerprint density at radius 1 is 1.00 bits per heavy atom. The van der Waals surface area contributed by atoms with E-state index < -0.39 is 11.9 Å². The Balaban J connectivity index is -0.0000000208. The second-order valence-electron chi connectivity index (χ2n) is 0.610. The first-order valence-corrected chi connectivity index (χ1v) is 1.11. The van der Waals surface area contributed by atoms with E-state index in [-0.39, 0.29) is 75.7 Å². The number of aliphatic carboxylic acids is 2. The molecule has 0 atom stereocenters. The van der Waals surface area contributed by atoms with E-state index in [1.165, 1.54) is 0 Å². The van der Waals surface area contributed by atoms with Gasteiger partial charge in [-0.1, -0.05) is 0 Å². The average molecular weight is 278 g/mol. The van der Waals surface area contributed by atoms with Gasteiger partial charge in [-0.15, -0.1) is 0 Å². The molecule has 0 unspecified atom stereocenters. The van der Waals surface area contributed by atoms with E-state index in [1.54, 1.807) is 0 Å². The van der Waals surface area contributed by atoms with Crippen molar-refractivity contribution < 1.29 is 72.5 Å². The van der Waals surface area contributed by atoms with Gasteiger partial charge in [0.1, 0.15) is 0 Å². The van der Waals surface area contributed by atoms with Gasteiger partial charge in [0.2, 0.25) is 0 Å². The van der Waals surface area contributed by atoms with E-state index in [1.807, 2.05) is 0 Å². The summed E-state index contributed by atoms with van der Waals surface area (Å²) in [5.74, 6) is -3.65. The second kappa shape index (κ2) is 16.7. The van der Waals surface area contributed by atoms with Gasteiger partial charge in [0.25, 0.3) is 0 Å². The normalized spacial score (nSPS) is 4.40. The molecule has 0 aromatic rings. The molecule has 0 fully saturated rings. The van der Waals surface area contributed by atoms with Crippen molar-refractivity contribution in [3.05, 3.63) is 0 Å². The summed E-state index contributed by atoms with van der Waals surface area (Å²) < 4.78 is 0. The number of carbonyl (C=O) groups is 2. The molecule has 0 aliphatic rings. The van der Waals surface area contributed by atoms with Gasteiger partial charge < -0.3 is 10.2 Å². The van der Waals surface area contributed by atoms with Crippen LogP contribution in [0.15, 0.2) is 0 Å². The van der Waals surface area contributed by atoms with E-state index in [0.29, 0.717) is 0 Å². The molecule has 0 spiro atoms. The fourth-order valence-corrected chi connectivity index (χ4v) is 0. The molecule has 10 heavy (non-hydrogen) atoms. The smallest absolute Gasteiger partial charge is 0.414 e. The van der Waals surface area contributed by atoms with Gasteiger partial charge >= 0.3 is 35.0 Å². The SMILES string of the molecule is O=C(O)C(=O)O.[Fe].[MgH2].[Mn].[V]. The summed E-state index contributed by atoms with van der Waals surface area (Å²) in [4.78, 5) is 18.2. The van der Waals surface area contributed by atoms with Crippen LogP contribution >= 0.6 is 0 Å². The molecule has 2 N–H and O–H groups in total. The Morgan fingerprint density at radius 2 is 1.10 bits per heavy atom. The van der Waals surface area contributed by atoms with Crippen LogP contribution in [-0.2, 0) is 62.3 Å². The quantitative estimate of drug-likeness (QED) is 0.406. The van der Waals surface area contributed by atoms with Gasteiger partial charge in [-0.2, -0.15) is 0 Å². The molecule has 0 saturated carbocycles. The summed E-state index contributed by atoms with van der Waals surface area (Å²) in [7, 11) is 0. The van der Waals surface area contributed by atoms with Crippen molar-refractivity contribution in [1.82, 2.24) is 0 Å². The third kappa shape index (κ3) is 22.8. The van der Waals surface area contributed by atoms with Crippen molar-refractivity contribution in [2.24, 2.45) is 0 Å². The molecule has 0 aliphatic heterocycles. The predicted octanol–water partition coefficient (Wildman–Crippen LogP) is -1.77. The van der Waals surface area contributed by atoms with Crippen LogP contribution in [0.4, 0.5) is 0 Å². The van der Waals surface area contributed by atoms with Crippen LogP contribution in [0.2, 0.25) is 0 Å². The van der Waals surface area contributed by atoms with Crippen LogP contribution in [0.3, 0.4) is 0 Å². The maximum Gasteiger partial charge on any atom is 0.414 e. The van der Waals surface area contributed by atoms with Gasteiger partial charge in [0, 0.05) is 52.7 Å². The molecule has 0 saturated heterocycles. The molecular weight excluding hydrogens is 274 g/mol. The standard InChI is InChI=1S/C2H2O4.Fe.Mg.Mn.V.2H/c3-1(4)2(5)6;;;;;;/h(H,3,4)(H,5,6);;;;;;. The van der Waals surface area contributed by atoms with Gasteiger partial charge in [-0.25, -0.2) is 9.59 Å². The van der Waals surface area contributed by atoms with Crippen LogP contribution in [0.25, 0.3) is 0 Å². The molecule has 8 heteroatoms. The van der Waals surface area contributed by atoms with Crippen LogP contribution in [0.5, 0.6) is 0 Å². The minimum absolute atomic E-state index is 0. The third-order valence-corrected chi connectivity index (χ3v) is 0.183. The number of rotatable bonds is 0. The van der Waals surface area contributed by atoms with Crippen LogP contribution in [0.1, 0.15) is 0 Å². The molecule has 2 radical (unpaired) electrons. The summed E-state index contributed by atoms with van der Waals surface area (Å²) in [5.41, 5.74) is 0. The Labute approximate surface area is 106 Å². The van der Waals surface area contributed by atoms with E-state index in [0.717, 1.165) is 0 Å². The Kier molecular flexibility index (Phi) is 50.5. The minimum Gasteiger partial charge on any atom is -0.473 e. The zero-order chi connectivity index (χ0) is 5.15. The molecule has 0 aromatic heterocycles. The number of hydrogen-bond donors (Lipinski definition) is 2. The zero-order valence-electron chi connectivity index (χ0n) is 3.89. The van der Waals surface area contributed by atoms with Crippen molar-refractivity contribution in [2.45, 2.75) is 0 Å². The first-order chi connectivity index (χ1) is 2.64. The monoisotopic (exact) mass is 278 g/mol. The molecule has 0 aromatic carbocycles. The van der Waals surface area contributed by atoms with Crippen molar-refractivity contribution >= 4 is 35.0 Å². The van der Waals surface area contributed by atoms with Gasteiger partial charge in [0.15, 0.2) is 0 Å². The van der Waals surface area contributed by atoms with E-state index >= 15 is 0 Å². The van der Waals surface area contributed by atoms with E-state index in [9.17, 15) is 0 Å². The Hall–Kier alpha value is 1.33. The molecule has 0 heterocycles. The number of hydrogen-bond acceptors (Lipinski definition) is 2. The maximum absolute atomic E-state index is 9.10. The fraction of sp³-hybridized carbons (Fsp3) is 0. The topological polar surface area (TPSA) is 74.6 Å². The molecule has 0 amide bonds. The van der Waals surface area contributed by atoms with Crippen molar-refractivity contribution in [1.29, 1.82) is 0 Å². The van der Waals surface area contributed by atoms with Crippen LogP contribution < -0.4 is 0 Å². The Bertz CT molecular complexity index is 89.3. The van der Waals surface area contributed by atoms with Crippen molar-refractivity contribution in [3.63, 3.8) is 0 Å². The van der Waals surface area contributed by atoms with E-state index in [4.69, 9.17) is 19.8 Å². The zero-order valence-corrected chi connectivity index (χ0v) is 7.57.